The highest BCUT2D eigenvalue weighted by Crippen LogP contribution is 2.37. The minimum absolute atomic E-state index is 0.0928. The highest BCUT2D eigenvalue weighted by Gasteiger charge is 2.30. The molecule has 0 aliphatic rings. The van der Waals surface area contributed by atoms with Gasteiger partial charge in [-0.25, -0.2) is 4.39 Å². The molecule has 0 spiro atoms. The van der Waals surface area contributed by atoms with Crippen LogP contribution in [0, 0.1) is 35.4 Å². The fourth-order valence-electron chi connectivity index (χ4n) is 4.57. The lowest BCUT2D eigenvalue weighted by atomic mass is 9.72. The maximum absolute atomic E-state index is 14.9. The molecular weight excluding hydrogens is 395 g/mol. The van der Waals surface area contributed by atoms with Crippen molar-refractivity contribution in [3.05, 3.63) is 35.1 Å². The summed E-state index contributed by atoms with van der Waals surface area (Å²) in [4.78, 5) is 12.3. The second-order valence-electron chi connectivity index (χ2n) is 12.0. The molecule has 0 amide bonds. The molecule has 0 aliphatic carbocycles. The maximum atomic E-state index is 14.9. The Kier molecular flexibility index (Phi) is 12.2. The summed E-state index contributed by atoms with van der Waals surface area (Å²) in [5.74, 6) is 3.20. The van der Waals surface area contributed by atoms with Crippen molar-refractivity contribution in [1.29, 1.82) is 0 Å². The van der Waals surface area contributed by atoms with Gasteiger partial charge < -0.3 is 0 Å². The minimum Gasteiger partial charge on any atom is -0.300 e. The maximum Gasteiger partial charge on any atom is 0.132 e. The van der Waals surface area contributed by atoms with Crippen LogP contribution >= 0.6 is 0 Å². The Labute approximate surface area is 199 Å². The number of hydrogen-bond donors (Lipinski definition) is 0. The van der Waals surface area contributed by atoms with Gasteiger partial charge in [0.15, 0.2) is 0 Å². The zero-order valence-electron chi connectivity index (χ0n) is 22.6. The average molecular weight is 447 g/mol. The van der Waals surface area contributed by atoms with E-state index in [2.05, 4.69) is 68.4 Å². The van der Waals surface area contributed by atoms with Crippen LogP contribution in [0.25, 0.3) is 0 Å². The first-order valence-corrected chi connectivity index (χ1v) is 13.1. The van der Waals surface area contributed by atoms with Gasteiger partial charge in [-0.15, -0.1) is 0 Å². The summed E-state index contributed by atoms with van der Waals surface area (Å²) in [5.41, 5.74) is 1.83. The Morgan fingerprint density at radius 1 is 0.906 bits per heavy atom. The molecule has 2 heteroatoms. The predicted octanol–water partition coefficient (Wildman–Crippen LogP) is 9.17. The number of benzene rings is 1. The Balaban J connectivity index is 2.82. The predicted molar refractivity (Wildman–Crippen MR) is 138 cm³/mol. The molecule has 1 aromatic rings. The highest BCUT2D eigenvalue weighted by molar-refractivity contribution is 5.78. The first-order valence-electron chi connectivity index (χ1n) is 13.1. The summed E-state index contributed by atoms with van der Waals surface area (Å²) in [6, 6.07) is 5.74. The summed E-state index contributed by atoms with van der Waals surface area (Å²) in [5, 5.41) is 0. The van der Waals surface area contributed by atoms with E-state index < -0.39 is 0 Å². The van der Waals surface area contributed by atoms with Gasteiger partial charge in [-0.05, 0) is 84.3 Å². The Hall–Kier alpha value is -1.18. The lowest BCUT2D eigenvalue weighted by molar-refractivity contribution is -0.119. The molecule has 0 saturated heterocycles. The van der Waals surface area contributed by atoms with Crippen LogP contribution in [0.3, 0.4) is 0 Å². The smallest absolute Gasteiger partial charge is 0.132 e. The summed E-state index contributed by atoms with van der Waals surface area (Å²) < 4.78 is 14.9. The van der Waals surface area contributed by atoms with Gasteiger partial charge in [-0.3, -0.25) is 4.79 Å². The normalized spacial score (nSPS) is 14.4. The first kappa shape index (κ1) is 28.9. The highest BCUT2D eigenvalue weighted by atomic mass is 19.1. The zero-order valence-corrected chi connectivity index (χ0v) is 22.6. The van der Waals surface area contributed by atoms with Crippen LogP contribution in [0.2, 0.25) is 0 Å². The standard InChI is InChI=1S/C30H51FO/c1-21(2)13-16-27(32)17-15-26(23(5)6)20-30(8,9)28-19-25(14-18-29(28)31)12-10-11-24(7)22(3)4/h14,18-19,21-24,26H,10-13,15-17,20H2,1-9H3/t24-,26+/m1/s1. The molecule has 0 aromatic heterocycles. The van der Waals surface area contributed by atoms with Crippen molar-refractivity contribution in [2.24, 2.45) is 29.6 Å². The number of halogens is 1. The number of Topliss-reactive ketones (excluding diaryl/α,β-unsaturated/α-hetero) is 1. The monoisotopic (exact) mass is 446 g/mol. The number of carbonyl (C=O) groups is 1. The van der Waals surface area contributed by atoms with Gasteiger partial charge in [-0.1, -0.05) is 80.9 Å². The van der Waals surface area contributed by atoms with Crippen molar-refractivity contribution in [2.45, 2.75) is 119 Å². The van der Waals surface area contributed by atoms with Gasteiger partial charge in [0.2, 0.25) is 0 Å². The van der Waals surface area contributed by atoms with E-state index in [1.54, 1.807) is 6.07 Å². The van der Waals surface area contributed by atoms with E-state index in [1.165, 1.54) is 12.0 Å². The van der Waals surface area contributed by atoms with Crippen LogP contribution in [0.5, 0.6) is 0 Å². The van der Waals surface area contributed by atoms with Gasteiger partial charge >= 0.3 is 0 Å². The van der Waals surface area contributed by atoms with Gasteiger partial charge in [-0.2, -0.15) is 0 Å². The fraction of sp³-hybridized carbons (Fsp3) is 0.767. The van der Waals surface area contributed by atoms with E-state index >= 15 is 0 Å². The van der Waals surface area contributed by atoms with Crippen molar-refractivity contribution >= 4 is 5.78 Å². The molecule has 0 N–H and O–H groups in total. The molecule has 0 saturated carbocycles. The molecule has 184 valence electrons. The zero-order chi connectivity index (χ0) is 24.5. The van der Waals surface area contributed by atoms with Crippen LogP contribution in [-0.4, -0.2) is 5.78 Å². The Morgan fingerprint density at radius 2 is 1.53 bits per heavy atom. The van der Waals surface area contributed by atoms with Crippen molar-refractivity contribution in [3.63, 3.8) is 0 Å². The van der Waals surface area contributed by atoms with Crippen LogP contribution in [-0.2, 0) is 16.6 Å². The summed E-state index contributed by atoms with van der Waals surface area (Å²) in [6.07, 6.45) is 7.52. The largest absolute Gasteiger partial charge is 0.300 e. The van der Waals surface area contributed by atoms with Crippen LogP contribution < -0.4 is 0 Å². The average Bonchev–Trinajstić information content (AvgIpc) is 2.70. The molecule has 2 atom stereocenters. The van der Waals surface area contributed by atoms with Gasteiger partial charge in [0.05, 0.1) is 0 Å². The molecule has 0 bridgehead atoms. The molecule has 0 heterocycles. The first-order chi connectivity index (χ1) is 14.8. The topological polar surface area (TPSA) is 17.1 Å². The van der Waals surface area contributed by atoms with Crippen LogP contribution in [0.15, 0.2) is 18.2 Å². The SMILES string of the molecule is CC(C)CCC(=O)CC[C@@H](CC(C)(C)c1cc(CCC[C@@H](C)C(C)C)ccc1F)C(C)C. The summed E-state index contributed by atoms with van der Waals surface area (Å²) >= 11 is 0. The van der Waals surface area contributed by atoms with Crippen molar-refractivity contribution in [1.82, 2.24) is 0 Å². The fourth-order valence-corrected chi connectivity index (χ4v) is 4.57. The number of carbonyl (C=O) groups excluding carboxylic acids is 1. The minimum atomic E-state index is -0.249. The Bertz CT molecular complexity index is 686. The number of rotatable bonds is 15. The van der Waals surface area contributed by atoms with E-state index in [-0.39, 0.29) is 11.2 Å². The summed E-state index contributed by atoms with van der Waals surface area (Å²) in [6.45, 7) is 20.0. The molecule has 0 aliphatic heterocycles. The van der Waals surface area contributed by atoms with Gasteiger partial charge in [0.1, 0.15) is 11.6 Å². The van der Waals surface area contributed by atoms with Crippen molar-refractivity contribution in [2.75, 3.05) is 0 Å². The quantitative estimate of drug-likeness (QED) is 0.262. The molecular formula is C30H51FO. The molecule has 0 fully saturated rings. The molecule has 0 unspecified atom stereocenters. The van der Waals surface area contributed by atoms with E-state index in [0.717, 1.165) is 43.6 Å². The van der Waals surface area contributed by atoms with Crippen molar-refractivity contribution < 1.29 is 9.18 Å². The van der Waals surface area contributed by atoms with Crippen LogP contribution in [0.1, 0.15) is 118 Å². The molecule has 0 radical (unpaired) electrons. The van der Waals surface area contributed by atoms with E-state index in [1.807, 2.05) is 6.07 Å². The van der Waals surface area contributed by atoms with Crippen molar-refractivity contribution in [3.8, 4) is 0 Å². The second-order valence-corrected chi connectivity index (χ2v) is 12.0. The number of hydrogen-bond acceptors (Lipinski definition) is 1. The molecule has 1 nitrogen and oxygen atoms in total. The second kappa shape index (κ2) is 13.5. The molecule has 1 rings (SSSR count). The van der Waals surface area contributed by atoms with E-state index in [4.69, 9.17) is 0 Å². The third kappa shape index (κ3) is 10.2. The number of aryl methyl sites for hydroxylation is 1. The third-order valence-electron chi connectivity index (χ3n) is 7.53. The van der Waals surface area contributed by atoms with Gasteiger partial charge in [0, 0.05) is 12.8 Å². The van der Waals surface area contributed by atoms with E-state index in [0.29, 0.717) is 42.3 Å². The van der Waals surface area contributed by atoms with Crippen LogP contribution in [0.4, 0.5) is 4.39 Å². The molecule has 32 heavy (non-hydrogen) atoms. The third-order valence-corrected chi connectivity index (χ3v) is 7.53. The Morgan fingerprint density at radius 3 is 2.09 bits per heavy atom. The van der Waals surface area contributed by atoms with Gasteiger partial charge in [0.25, 0.3) is 0 Å². The summed E-state index contributed by atoms with van der Waals surface area (Å²) in [7, 11) is 0. The van der Waals surface area contributed by atoms with E-state index in [9.17, 15) is 9.18 Å². The number of ketones is 1. The molecule has 1 aromatic carbocycles. The lowest BCUT2D eigenvalue weighted by Crippen LogP contribution is -2.26. The lowest BCUT2D eigenvalue weighted by Gasteiger charge is -2.33.